The molecule has 7 heteroatoms. The van der Waals surface area contributed by atoms with E-state index in [1.165, 1.54) is 7.11 Å². The number of carbonyl (C=O) groups excluding carboxylic acids is 2. The van der Waals surface area contributed by atoms with Gasteiger partial charge in [-0.3, -0.25) is 14.5 Å². The van der Waals surface area contributed by atoms with Crippen LogP contribution in [0.2, 0.25) is 5.02 Å². The molecule has 24 heavy (non-hydrogen) atoms. The first kappa shape index (κ1) is 17.2. The smallest absolute Gasteiger partial charge is 0.308 e. The van der Waals surface area contributed by atoms with Crippen LogP contribution in [-0.2, 0) is 20.9 Å². The van der Waals surface area contributed by atoms with Gasteiger partial charge in [-0.2, -0.15) is 0 Å². The van der Waals surface area contributed by atoms with Crippen LogP contribution in [0.4, 0.5) is 0 Å². The van der Waals surface area contributed by atoms with Crippen LogP contribution in [0.3, 0.4) is 0 Å². The number of thiocarbonyl (C=S) groups is 1. The molecule has 0 bridgehead atoms. The number of carbonyl (C=O) groups is 2. The summed E-state index contributed by atoms with van der Waals surface area (Å²) in [7, 11) is 1.39. The van der Waals surface area contributed by atoms with Crippen molar-refractivity contribution < 1.29 is 14.3 Å². The lowest BCUT2D eigenvalue weighted by Crippen LogP contribution is -2.61. The topological polar surface area (TPSA) is 58.6 Å². The van der Waals surface area contributed by atoms with Crippen molar-refractivity contribution in [3.05, 3.63) is 34.9 Å². The number of ether oxygens (including phenoxy) is 1. The Hall–Kier alpha value is -1.66. The molecule has 2 fully saturated rings. The number of halogens is 1. The van der Waals surface area contributed by atoms with Gasteiger partial charge in [0, 0.05) is 11.1 Å². The maximum Gasteiger partial charge on any atom is 0.308 e. The van der Waals surface area contributed by atoms with Gasteiger partial charge >= 0.3 is 5.97 Å². The molecule has 1 aromatic rings. The van der Waals surface area contributed by atoms with Crippen molar-refractivity contribution in [2.45, 2.75) is 31.8 Å². The predicted octanol–water partition coefficient (Wildman–Crippen LogP) is 2.51. The Bertz CT molecular complexity index is 682. The monoisotopic (exact) mass is 366 g/mol. The normalized spacial score (nSPS) is 26.6. The molecule has 1 heterocycles. The summed E-state index contributed by atoms with van der Waals surface area (Å²) >= 11 is 11.4. The highest BCUT2D eigenvalue weighted by atomic mass is 35.5. The molecular weight excluding hydrogens is 348 g/mol. The van der Waals surface area contributed by atoms with Crippen molar-refractivity contribution in [2.24, 2.45) is 11.8 Å². The number of rotatable bonds is 3. The van der Waals surface area contributed by atoms with E-state index in [9.17, 15) is 9.59 Å². The van der Waals surface area contributed by atoms with E-state index >= 15 is 0 Å². The summed E-state index contributed by atoms with van der Waals surface area (Å²) in [5.41, 5.74) is 0.932. The Morgan fingerprint density at radius 2 is 2.25 bits per heavy atom. The second kappa shape index (κ2) is 7.07. The number of nitrogens with zero attached hydrogens (tertiary/aromatic N) is 1. The molecule has 0 spiro atoms. The first-order chi connectivity index (χ1) is 11.5. The number of hydrogen-bond donors (Lipinski definition) is 1. The molecule has 5 nitrogen and oxygen atoms in total. The quantitative estimate of drug-likeness (QED) is 0.658. The van der Waals surface area contributed by atoms with Crippen LogP contribution in [0.5, 0.6) is 0 Å². The minimum atomic E-state index is -0.213. The second-order valence-corrected chi connectivity index (χ2v) is 7.07. The van der Waals surface area contributed by atoms with Gasteiger partial charge in [0.1, 0.15) is 0 Å². The van der Waals surface area contributed by atoms with Crippen molar-refractivity contribution in [1.82, 2.24) is 10.2 Å². The van der Waals surface area contributed by atoms with Gasteiger partial charge in [-0.1, -0.05) is 23.7 Å². The summed E-state index contributed by atoms with van der Waals surface area (Å²) in [6.45, 7) is 0.398. The number of methoxy groups -OCH3 is 1. The zero-order valence-electron chi connectivity index (χ0n) is 13.3. The van der Waals surface area contributed by atoms with Crippen LogP contribution in [0.25, 0.3) is 0 Å². The lowest BCUT2D eigenvalue weighted by molar-refractivity contribution is -0.149. The Kier molecular flexibility index (Phi) is 5.06. The number of nitrogens with one attached hydrogen (secondary N) is 1. The molecular formula is C17H19ClN2O3S. The molecule has 1 amide bonds. The molecule has 1 N–H and O–H groups in total. The zero-order valence-corrected chi connectivity index (χ0v) is 14.9. The van der Waals surface area contributed by atoms with Gasteiger partial charge in [0.15, 0.2) is 5.11 Å². The molecule has 3 atom stereocenters. The van der Waals surface area contributed by atoms with E-state index in [-0.39, 0.29) is 29.8 Å². The molecule has 3 unspecified atom stereocenters. The summed E-state index contributed by atoms with van der Waals surface area (Å²) in [6, 6.07) is 7.30. The van der Waals surface area contributed by atoms with Crippen LogP contribution in [-0.4, -0.2) is 35.0 Å². The molecule has 0 radical (unpaired) electrons. The molecule has 128 valence electrons. The molecule has 1 aliphatic carbocycles. The number of amides is 1. The predicted molar refractivity (Wildman–Crippen MR) is 94.4 cm³/mol. The van der Waals surface area contributed by atoms with Crippen molar-refractivity contribution in [3.63, 3.8) is 0 Å². The van der Waals surface area contributed by atoms with Gasteiger partial charge in [-0.25, -0.2) is 0 Å². The third kappa shape index (κ3) is 3.39. The SMILES string of the molecule is COC(=O)C1CCC2C(=O)N(Cc3cccc(Cl)c3)C(=S)NC2C1. The van der Waals surface area contributed by atoms with Gasteiger partial charge in [0.05, 0.1) is 25.5 Å². The van der Waals surface area contributed by atoms with Crippen molar-refractivity contribution >= 4 is 40.8 Å². The summed E-state index contributed by atoms with van der Waals surface area (Å²) in [6.07, 6.45) is 1.90. The number of esters is 1. The van der Waals surface area contributed by atoms with E-state index < -0.39 is 0 Å². The van der Waals surface area contributed by atoms with Crippen molar-refractivity contribution in [2.75, 3.05) is 7.11 Å². The van der Waals surface area contributed by atoms with Crippen LogP contribution >= 0.6 is 23.8 Å². The summed E-state index contributed by atoms with van der Waals surface area (Å²) in [4.78, 5) is 26.2. The standard InChI is InChI=1S/C17H19ClN2O3S/c1-23-16(22)11-5-6-13-14(8-11)19-17(24)20(15(13)21)9-10-3-2-4-12(18)7-10/h2-4,7,11,13-14H,5-6,8-9H2,1H3,(H,19,24). The Labute approximate surface area is 151 Å². The maximum absolute atomic E-state index is 12.9. The molecule has 1 aliphatic heterocycles. The molecule has 1 saturated carbocycles. The molecule has 3 rings (SSSR count). The van der Waals surface area contributed by atoms with E-state index in [0.717, 1.165) is 5.56 Å². The average Bonchev–Trinajstić information content (AvgIpc) is 2.57. The van der Waals surface area contributed by atoms with E-state index in [2.05, 4.69) is 5.32 Å². The third-order valence-corrected chi connectivity index (χ3v) is 5.33. The van der Waals surface area contributed by atoms with Crippen molar-refractivity contribution in [3.8, 4) is 0 Å². The number of hydrogen-bond acceptors (Lipinski definition) is 4. The van der Waals surface area contributed by atoms with E-state index in [0.29, 0.717) is 35.9 Å². The van der Waals surface area contributed by atoms with Gasteiger partial charge < -0.3 is 10.1 Å². The van der Waals surface area contributed by atoms with Crippen LogP contribution in [0, 0.1) is 11.8 Å². The van der Waals surface area contributed by atoms with Gasteiger partial charge in [-0.05, 0) is 49.2 Å². The van der Waals surface area contributed by atoms with E-state index in [1.54, 1.807) is 11.0 Å². The molecule has 1 aromatic carbocycles. The van der Waals surface area contributed by atoms with Crippen LogP contribution < -0.4 is 5.32 Å². The van der Waals surface area contributed by atoms with Crippen LogP contribution in [0.1, 0.15) is 24.8 Å². The van der Waals surface area contributed by atoms with Crippen LogP contribution in [0.15, 0.2) is 24.3 Å². The largest absolute Gasteiger partial charge is 0.469 e. The highest BCUT2D eigenvalue weighted by Gasteiger charge is 2.44. The highest BCUT2D eigenvalue weighted by molar-refractivity contribution is 7.80. The summed E-state index contributed by atoms with van der Waals surface area (Å²) in [5.74, 6) is -0.516. The van der Waals surface area contributed by atoms with Gasteiger partial charge in [0.2, 0.25) is 5.91 Å². The number of benzene rings is 1. The number of fused-ring (bicyclic) bond motifs is 1. The van der Waals surface area contributed by atoms with Gasteiger partial charge in [0.25, 0.3) is 0 Å². The highest BCUT2D eigenvalue weighted by Crippen LogP contribution is 2.34. The fourth-order valence-corrected chi connectivity index (χ4v) is 4.03. The molecule has 2 aliphatic rings. The Balaban J connectivity index is 1.72. The zero-order chi connectivity index (χ0) is 17.3. The van der Waals surface area contributed by atoms with E-state index in [1.807, 2.05) is 18.2 Å². The minimum absolute atomic E-state index is 0.0204. The first-order valence-electron chi connectivity index (χ1n) is 7.93. The molecule has 1 saturated heterocycles. The fourth-order valence-electron chi connectivity index (χ4n) is 3.51. The Morgan fingerprint density at radius 1 is 1.46 bits per heavy atom. The maximum atomic E-state index is 12.9. The van der Waals surface area contributed by atoms with Gasteiger partial charge in [-0.15, -0.1) is 0 Å². The lowest BCUT2D eigenvalue weighted by atomic mass is 9.76. The summed E-state index contributed by atoms with van der Waals surface area (Å²) < 4.78 is 4.83. The molecule has 0 aromatic heterocycles. The van der Waals surface area contributed by atoms with E-state index in [4.69, 9.17) is 28.6 Å². The lowest BCUT2D eigenvalue weighted by Gasteiger charge is -2.43. The van der Waals surface area contributed by atoms with Crippen molar-refractivity contribution in [1.29, 1.82) is 0 Å². The average molecular weight is 367 g/mol. The third-order valence-electron chi connectivity index (χ3n) is 4.75. The minimum Gasteiger partial charge on any atom is -0.469 e. The second-order valence-electron chi connectivity index (χ2n) is 6.25. The first-order valence-corrected chi connectivity index (χ1v) is 8.72. The summed E-state index contributed by atoms with van der Waals surface area (Å²) in [5, 5.41) is 4.28. The Morgan fingerprint density at radius 3 is 2.96 bits per heavy atom. The fraction of sp³-hybridized carbons (Fsp3) is 0.471.